The van der Waals surface area contributed by atoms with Gasteiger partial charge in [0.05, 0.1) is 0 Å². The average molecular weight is 348 g/mol. The van der Waals surface area contributed by atoms with Crippen molar-refractivity contribution < 1.29 is 9.21 Å². The molecule has 4 rings (SSSR count). The molecule has 6 nitrogen and oxygen atoms in total. The van der Waals surface area contributed by atoms with Crippen molar-refractivity contribution in [3.05, 3.63) is 66.1 Å². The van der Waals surface area contributed by atoms with E-state index in [1.807, 2.05) is 48.5 Å². The van der Waals surface area contributed by atoms with Crippen LogP contribution >= 0.6 is 0 Å². The topological polar surface area (TPSA) is 71.3 Å². The fraction of sp³-hybridized carbons (Fsp3) is 0.250. The van der Waals surface area contributed by atoms with Gasteiger partial charge in [0.1, 0.15) is 0 Å². The van der Waals surface area contributed by atoms with Crippen molar-refractivity contribution in [1.82, 2.24) is 15.5 Å². The molecule has 0 spiro atoms. The van der Waals surface area contributed by atoms with E-state index >= 15 is 0 Å². The zero-order valence-corrected chi connectivity index (χ0v) is 14.6. The van der Waals surface area contributed by atoms with Crippen LogP contribution in [0.15, 0.2) is 59.0 Å². The fourth-order valence-electron chi connectivity index (χ4n) is 3.24. The molecule has 0 unspecified atom stereocenters. The highest BCUT2D eigenvalue weighted by atomic mass is 16.4. The number of amides is 2. The lowest BCUT2D eigenvalue weighted by Gasteiger charge is -2.18. The first kappa shape index (κ1) is 16.3. The predicted molar refractivity (Wildman–Crippen MR) is 99.0 cm³/mol. The Hall–Kier alpha value is -3.15. The Morgan fingerprint density at radius 3 is 2.77 bits per heavy atom. The summed E-state index contributed by atoms with van der Waals surface area (Å²) in [5.41, 5.74) is 3.09. The summed E-state index contributed by atoms with van der Waals surface area (Å²) < 4.78 is 5.66. The molecule has 26 heavy (non-hydrogen) atoms. The van der Waals surface area contributed by atoms with Crippen molar-refractivity contribution in [2.45, 2.75) is 19.3 Å². The number of nitrogens with one attached hydrogen (secondary N) is 1. The smallest absolute Gasteiger partial charge is 0.321 e. The first-order valence-corrected chi connectivity index (χ1v) is 8.74. The summed E-state index contributed by atoms with van der Waals surface area (Å²) in [4.78, 5) is 14.3. The summed E-state index contributed by atoms with van der Waals surface area (Å²) in [5.74, 6) is 1.36. The normalized spacial score (nSPS) is 15.7. The Bertz CT molecular complexity index is 907. The van der Waals surface area contributed by atoms with Crippen molar-refractivity contribution in [3.8, 4) is 11.5 Å². The molecular weight excluding hydrogens is 328 g/mol. The Morgan fingerprint density at radius 1 is 1.15 bits per heavy atom. The molecule has 1 N–H and O–H groups in total. The lowest BCUT2D eigenvalue weighted by molar-refractivity contribution is 0.246. The number of fused-ring (bicyclic) bond motifs is 1. The van der Waals surface area contributed by atoms with Gasteiger partial charge in [-0.2, -0.15) is 0 Å². The van der Waals surface area contributed by atoms with Gasteiger partial charge in [-0.15, -0.1) is 10.2 Å². The summed E-state index contributed by atoms with van der Waals surface area (Å²) in [6.07, 6.45) is 0.497. The van der Waals surface area contributed by atoms with Crippen LogP contribution in [0.5, 0.6) is 0 Å². The Kier molecular flexibility index (Phi) is 4.39. The quantitative estimate of drug-likeness (QED) is 0.782. The van der Waals surface area contributed by atoms with Gasteiger partial charge in [0, 0.05) is 36.7 Å². The van der Waals surface area contributed by atoms with E-state index < -0.39 is 0 Å². The Balaban J connectivity index is 1.34. The second kappa shape index (κ2) is 7.00. The largest absolute Gasteiger partial charge is 0.421 e. The van der Waals surface area contributed by atoms with Crippen LogP contribution in [0.25, 0.3) is 11.5 Å². The number of carbonyl (C=O) groups is 1. The molecule has 0 bridgehead atoms. The van der Waals surface area contributed by atoms with Gasteiger partial charge in [-0.3, -0.25) is 4.90 Å². The number of para-hydroxylation sites is 1. The Morgan fingerprint density at radius 2 is 1.92 bits per heavy atom. The molecule has 2 amide bonds. The van der Waals surface area contributed by atoms with Crippen molar-refractivity contribution in [2.24, 2.45) is 0 Å². The number of aromatic nitrogens is 2. The second-order valence-corrected chi connectivity index (χ2v) is 6.42. The van der Waals surface area contributed by atoms with E-state index in [9.17, 15) is 4.79 Å². The zero-order valence-electron chi connectivity index (χ0n) is 14.6. The highest BCUT2D eigenvalue weighted by Crippen LogP contribution is 2.35. The van der Waals surface area contributed by atoms with E-state index in [0.29, 0.717) is 37.2 Å². The molecule has 0 radical (unpaired) electrons. The van der Waals surface area contributed by atoms with Crippen molar-refractivity contribution in [2.75, 3.05) is 18.0 Å². The molecule has 1 aromatic heterocycles. The van der Waals surface area contributed by atoms with Crippen molar-refractivity contribution in [3.63, 3.8) is 0 Å². The molecule has 6 heteroatoms. The average Bonchev–Trinajstić information content (AvgIpc) is 3.28. The van der Waals surface area contributed by atoms with Crippen LogP contribution in [-0.4, -0.2) is 29.3 Å². The lowest BCUT2D eigenvalue weighted by Crippen LogP contribution is -2.40. The van der Waals surface area contributed by atoms with Crippen LogP contribution in [0.4, 0.5) is 10.5 Å². The molecule has 1 aliphatic rings. The molecule has 3 aromatic rings. The molecule has 2 aromatic carbocycles. The van der Waals surface area contributed by atoms with E-state index in [-0.39, 0.29) is 6.03 Å². The van der Waals surface area contributed by atoms with Crippen LogP contribution in [0.1, 0.15) is 24.3 Å². The van der Waals surface area contributed by atoms with Gasteiger partial charge < -0.3 is 9.73 Å². The van der Waals surface area contributed by atoms with Gasteiger partial charge in [0.15, 0.2) is 0 Å². The third kappa shape index (κ3) is 3.18. The number of rotatable bonds is 4. The predicted octanol–water partition coefficient (Wildman–Crippen LogP) is 3.61. The molecule has 0 saturated carbocycles. The highest BCUT2D eigenvalue weighted by Gasteiger charge is 2.29. The van der Waals surface area contributed by atoms with Gasteiger partial charge in [0.25, 0.3) is 0 Å². The van der Waals surface area contributed by atoms with Gasteiger partial charge in [-0.05, 0) is 23.8 Å². The molecule has 2 heterocycles. The van der Waals surface area contributed by atoms with Crippen LogP contribution < -0.4 is 10.2 Å². The fourth-order valence-corrected chi connectivity index (χ4v) is 3.24. The first-order chi connectivity index (χ1) is 12.7. The van der Waals surface area contributed by atoms with Gasteiger partial charge in [0.2, 0.25) is 11.8 Å². The number of hydrogen-bond acceptors (Lipinski definition) is 4. The third-order valence-electron chi connectivity index (χ3n) is 4.56. The minimum Gasteiger partial charge on any atom is -0.421 e. The SMILES string of the molecule is C[C@@H]1CN(C(=O)NCCc2nnc(-c3ccccc3)o2)c2ccccc21. The van der Waals surface area contributed by atoms with Gasteiger partial charge >= 0.3 is 6.03 Å². The molecule has 1 atom stereocenters. The maximum atomic E-state index is 12.5. The summed E-state index contributed by atoms with van der Waals surface area (Å²) in [6.45, 7) is 3.28. The van der Waals surface area contributed by atoms with Gasteiger partial charge in [-0.1, -0.05) is 43.3 Å². The highest BCUT2D eigenvalue weighted by molar-refractivity contribution is 5.94. The molecular formula is C20H20N4O2. The first-order valence-electron chi connectivity index (χ1n) is 8.74. The van der Waals surface area contributed by atoms with E-state index in [2.05, 4.69) is 28.5 Å². The van der Waals surface area contributed by atoms with E-state index in [0.717, 1.165) is 11.3 Å². The van der Waals surface area contributed by atoms with Crippen LogP contribution in [-0.2, 0) is 6.42 Å². The number of anilines is 1. The number of carbonyl (C=O) groups excluding carboxylic acids is 1. The molecule has 0 fully saturated rings. The monoisotopic (exact) mass is 348 g/mol. The second-order valence-electron chi connectivity index (χ2n) is 6.42. The standard InChI is InChI=1S/C20H20N4O2/c1-14-13-24(17-10-6-5-9-16(14)17)20(25)21-12-11-18-22-23-19(26-18)15-7-3-2-4-8-15/h2-10,14H,11-13H2,1H3,(H,21,25)/t14-/m1/s1. The van der Waals surface area contributed by atoms with E-state index in [1.165, 1.54) is 5.56 Å². The summed E-state index contributed by atoms with van der Waals surface area (Å²) in [5, 5.41) is 11.1. The van der Waals surface area contributed by atoms with E-state index in [1.54, 1.807) is 4.90 Å². The molecule has 0 aliphatic carbocycles. The van der Waals surface area contributed by atoms with Crippen LogP contribution in [0.3, 0.4) is 0 Å². The maximum Gasteiger partial charge on any atom is 0.321 e. The maximum absolute atomic E-state index is 12.5. The van der Waals surface area contributed by atoms with Crippen LogP contribution in [0.2, 0.25) is 0 Å². The van der Waals surface area contributed by atoms with Crippen LogP contribution in [0, 0.1) is 0 Å². The number of urea groups is 1. The van der Waals surface area contributed by atoms with Crippen molar-refractivity contribution in [1.29, 1.82) is 0 Å². The Labute approximate surface area is 151 Å². The molecule has 1 aliphatic heterocycles. The molecule has 132 valence electrons. The number of nitrogens with zero attached hydrogens (tertiary/aromatic N) is 3. The zero-order chi connectivity index (χ0) is 17.9. The van der Waals surface area contributed by atoms with Gasteiger partial charge in [-0.25, -0.2) is 4.79 Å². The third-order valence-corrected chi connectivity index (χ3v) is 4.56. The minimum absolute atomic E-state index is 0.0930. The summed E-state index contributed by atoms with van der Waals surface area (Å²) in [6, 6.07) is 17.6. The lowest BCUT2D eigenvalue weighted by atomic mass is 10.0. The minimum atomic E-state index is -0.0930. The summed E-state index contributed by atoms with van der Waals surface area (Å²) in [7, 11) is 0. The van der Waals surface area contributed by atoms with Crippen molar-refractivity contribution >= 4 is 11.7 Å². The molecule has 0 saturated heterocycles. The number of benzene rings is 2. The van der Waals surface area contributed by atoms with E-state index in [4.69, 9.17) is 4.42 Å². The number of hydrogen-bond donors (Lipinski definition) is 1. The summed E-state index contributed by atoms with van der Waals surface area (Å²) >= 11 is 0.